The van der Waals surface area contributed by atoms with E-state index in [2.05, 4.69) is 10.1 Å². The van der Waals surface area contributed by atoms with Gasteiger partial charge in [0.15, 0.2) is 5.69 Å². The molecule has 6 nitrogen and oxygen atoms in total. The molecule has 0 amide bonds. The first-order chi connectivity index (χ1) is 10.2. The minimum absolute atomic E-state index is 0.118. The molecule has 0 atom stereocenters. The van der Waals surface area contributed by atoms with Crippen molar-refractivity contribution in [3.63, 3.8) is 0 Å². The molecule has 1 N–H and O–H groups in total. The SMILES string of the molecule is CCOC(=O)c1cc2c(=O)[nH]c(-c3ccccc3)cn2n1. The molecule has 3 rings (SSSR count). The summed E-state index contributed by atoms with van der Waals surface area (Å²) < 4.78 is 6.28. The largest absolute Gasteiger partial charge is 0.461 e. The highest BCUT2D eigenvalue weighted by atomic mass is 16.5. The number of H-pyrrole nitrogens is 1. The fraction of sp³-hybridized carbons (Fsp3) is 0.133. The Morgan fingerprint density at radius 2 is 2.10 bits per heavy atom. The fourth-order valence-corrected chi connectivity index (χ4v) is 2.07. The van der Waals surface area contributed by atoms with Gasteiger partial charge in [-0.1, -0.05) is 30.3 Å². The quantitative estimate of drug-likeness (QED) is 0.744. The van der Waals surface area contributed by atoms with Crippen molar-refractivity contribution >= 4 is 11.5 Å². The lowest BCUT2D eigenvalue weighted by atomic mass is 10.2. The zero-order valence-electron chi connectivity index (χ0n) is 11.4. The highest BCUT2D eigenvalue weighted by Crippen LogP contribution is 2.15. The number of benzene rings is 1. The lowest BCUT2D eigenvalue weighted by molar-refractivity contribution is 0.0519. The Kier molecular flexibility index (Phi) is 3.27. The second-order valence-corrected chi connectivity index (χ2v) is 4.44. The van der Waals surface area contributed by atoms with E-state index >= 15 is 0 Å². The predicted octanol–water partition coefficient (Wildman–Crippen LogP) is 1.87. The van der Waals surface area contributed by atoms with Gasteiger partial charge in [-0.25, -0.2) is 9.31 Å². The van der Waals surface area contributed by atoms with E-state index in [9.17, 15) is 9.59 Å². The van der Waals surface area contributed by atoms with Gasteiger partial charge in [0.1, 0.15) is 5.52 Å². The molecule has 0 aliphatic heterocycles. The van der Waals surface area contributed by atoms with Gasteiger partial charge in [-0.2, -0.15) is 5.10 Å². The van der Waals surface area contributed by atoms with Crippen molar-refractivity contribution in [3.8, 4) is 11.3 Å². The van der Waals surface area contributed by atoms with E-state index < -0.39 is 5.97 Å². The van der Waals surface area contributed by atoms with E-state index in [4.69, 9.17) is 4.74 Å². The second kappa shape index (κ2) is 5.24. The molecule has 3 aromatic rings. The molecule has 0 aliphatic carbocycles. The third-order valence-corrected chi connectivity index (χ3v) is 3.04. The number of fused-ring (bicyclic) bond motifs is 1. The average molecular weight is 283 g/mol. The number of esters is 1. The van der Waals surface area contributed by atoms with Gasteiger partial charge >= 0.3 is 5.97 Å². The summed E-state index contributed by atoms with van der Waals surface area (Å²) in [5.41, 5.74) is 1.61. The van der Waals surface area contributed by atoms with Gasteiger partial charge in [0.25, 0.3) is 5.56 Å². The van der Waals surface area contributed by atoms with E-state index in [1.807, 2.05) is 30.3 Å². The number of carbonyl (C=O) groups is 1. The molecule has 0 saturated carbocycles. The maximum atomic E-state index is 12.1. The predicted molar refractivity (Wildman–Crippen MR) is 77.2 cm³/mol. The second-order valence-electron chi connectivity index (χ2n) is 4.44. The third kappa shape index (κ3) is 2.43. The van der Waals surface area contributed by atoms with Crippen molar-refractivity contribution in [3.05, 3.63) is 58.6 Å². The van der Waals surface area contributed by atoms with Gasteiger partial charge < -0.3 is 9.72 Å². The molecule has 2 aromatic heterocycles. The number of ether oxygens (including phenoxy) is 1. The summed E-state index contributed by atoms with van der Waals surface area (Å²) in [5, 5.41) is 4.10. The minimum Gasteiger partial charge on any atom is -0.461 e. The summed E-state index contributed by atoms with van der Waals surface area (Å²) in [4.78, 5) is 26.6. The number of aromatic nitrogens is 3. The van der Waals surface area contributed by atoms with Crippen molar-refractivity contribution < 1.29 is 9.53 Å². The van der Waals surface area contributed by atoms with Crippen molar-refractivity contribution in [1.29, 1.82) is 0 Å². The standard InChI is InChI=1S/C15H13N3O3/c1-2-21-15(20)11-8-13-14(19)16-12(9-18(13)17-11)10-6-4-3-5-7-10/h3-9H,2H2,1H3,(H,16,19). The van der Waals surface area contributed by atoms with E-state index in [0.717, 1.165) is 5.56 Å². The van der Waals surface area contributed by atoms with Crippen LogP contribution in [0.2, 0.25) is 0 Å². The van der Waals surface area contributed by atoms with Crippen molar-refractivity contribution in [2.45, 2.75) is 6.92 Å². The summed E-state index contributed by atoms with van der Waals surface area (Å²) in [5.74, 6) is -0.540. The van der Waals surface area contributed by atoms with E-state index in [1.165, 1.54) is 10.6 Å². The molecule has 0 radical (unpaired) electrons. The molecule has 6 heteroatoms. The van der Waals surface area contributed by atoms with Crippen molar-refractivity contribution in [2.75, 3.05) is 6.61 Å². The first-order valence-electron chi connectivity index (χ1n) is 6.54. The van der Waals surface area contributed by atoms with E-state index in [-0.39, 0.29) is 17.9 Å². The lowest BCUT2D eigenvalue weighted by Gasteiger charge is -2.01. The van der Waals surface area contributed by atoms with Crippen LogP contribution in [0.5, 0.6) is 0 Å². The van der Waals surface area contributed by atoms with Gasteiger partial charge in [0.05, 0.1) is 18.5 Å². The summed E-state index contributed by atoms with van der Waals surface area (Å²) >= 11 is 0. The van der Waals surface area contributed by atoms with Crippen LogP contribution in [0.1, 0.15) is 17.4 Å². The van der Waals surface area contributed by atoms with Crippen LogP contribution in [0.15, 0.2) is 47.4 Å². The number of hydrogen-bond donors (Lipinski definition) is 1. The number of carbonyl (C=O) groups excluding carboxylic acids is 1. The molecule has 0 spiro atoms. The molecule has 106 valence electrons. The van der Waals surface area contributed by atoms with Crippen LogP contribution in [-0.2, 0) is 4.74 Å². The first kappa shape index (κ1) is 13.1. The van der Waals surface area contributed by atoms with Gasteiger partial charge in [-0.05, 0) is 12.5 Å². The topological polar surface area (TPSA) is 76.5 Å². The van der Waals surface area contributed by atoms with Crippen LogP contribution >= 0.6 is 0 Å². The minimum atomic E-state index is -0.540. The number of hydrogen-bond acceptors (Lipinski definition) is 4. The van der Waals surface area contributed by atoms with Crippen LogP contribution in [0.25, 0.3) is 16.8 Å². The molecular formula is C15H13N3O3. The van der Waals surface area contributed by atoms with Crippen LogP contribution in [0.4, 0.5) is 0 Å². The monoisotopic (exact) mass is 283 g/mol. The molecular weight excluding hydrogens is 270 g/mol. The molecule has 0 fully saturated rings. The van der Waals surface area contributed by atoms with Gasteiger partial charge in [-0.3, -0.25) is 4.79 Å². The highest BCUT2D eigenvalue weighted by molar-refractivity contribution is 5.88. The van der Waals surface area contributed by atoms with E-state index in [0.29, 0.717) is 11.2 Å². The Balaban J connectivity index is 2.12. The average Bonchev–Trinajstić information content (AvgIpc) is 2.93. The lowest BCUT2D eigenvalue weighted by Crippen LogP contribution is -2.10. The molecule has 1 aromatic carbocycles. The first-order valence-corrected chi connectivity index (χ1v) is 6.54. The number of nitrogens with zero attached hydrogens (tertiary/aromatic N) is 2. The van der Waals surface area contributed by atoms with Crippen LogP contribution in [-0.4, -0.2) is 27.2 Å². The summed E-state index contributed by atoms with van der Waals surface area (Å²) in [6.07, 6.45) is 1.68. The van der Waals surface area contributed by atoms with Gasteiger partial charge in [-0.15, -0.1) is 0 Å². The smallest absolute Gasteiger partial charge is 0.358 e. The normalized spacial score (nSPS) is 10.7. The molecule has 2 heterocycles. The number of aromatic amines is 1. The molecule has 0 saturated heterocycles. The van der Waals surface area contributed by atoms with Crippen LogP contribution < -0.4 is 5.56 Å². The van der Waals surface area contributed by atoms with Gasteiger partial charge in [0.2, 0.25) is 0 Å². The zero-order chi connectivity index (χ0) is 14.8. The van der Waals surface area contributed by atoms with Crippen molar-refractivity contribution in [2.24, 2.45) is 0 Å². The Morgan fingerprint density at radius 1 is 1.33 bits per heavy atom. The Morgan fingerprint density at radius 3 is 2.81 bits per heavy atom. The van der Waals surface area contributed by atoms with Gasteiger partial charge in [0, 0.05) is 6.07 Å². The maximum Gasteiger partial charge on any atom is 0.358 e. The third-order valence-electron chi connectivity index (χ3n) is 3.04. The Labute approximate surface area is 120 Å². The molecule has 21 heavy (non-hydrogen) atoms. The summed E-state index contributed by atoms with van der Waals surface area (Å²) in [7, 11) is 0. The number of rotatable bonds is 3. The van der Waals surface area contributed by atoms with Crippen LogP contribution in [0.3, 0.4) is 0 Å². The fourth-order valence-electron chi connectivity index (χ4n) is 2.07. The zero-order valence-corrected chi connectivity index (χ0v) is 11.4. The van der Waals surface area contributed by atoms with Crippen molar-refractivity contribution in [1.82, 2.24) is 14.6 Å². The van der Waals surface area contributed by atoms with Crippen LogP contribution in [0, 0.1) is 0 Å². The Hall–Kier alpha value is -2.89. The molecule has 0 unspecified atom stereocenters. The number of nitrogens with one attached hydrogen (secondary N) is 1. The maximum absolute atomic E-state index is 12.1. The Bertz CT molecular complexity index is 849. The molecule has 0 aliphatic rings. The summed E-state index contributed by atoms with van der Waals surface area (Å²) in [6, 6.07) is 10.8. The van der Waals surface area contributed by atoms with E-state index in [1.54, 1.807) is 13.1 Å². The molecule has 0 bridgehead atoms. The highest BCUT2D eigenvalue weighted by Gasteiger charge is 2.14. The summed E-state index contributed by atoms with van der Waals surface area (Å²) in [6.45, 7) is 1.98.